The van der Waals surface area contributed by atoms with Gasteiger partial charge in [0.05, 0.1) is 11.5 Å². The highest BCUT2D eigenvalue weighted by molar-refractivity contribution is 6.30. The molecular formula is C18H24ClN. The monoisotopic (exact) mass is 289 g/mol. The maximum Gasteiger partial charge on any atom is 0.0693 e. The second-order valence-corrected chi connectivity index (χ2v) is 7.78. The van der Waals surface area contributed by atoms with Crippen LogP contribution in [0.4, 0.5) is 0 Å². The van der Waals surface area contributed by atoms with E-state index in [1.165, 1.54) is 5.56 Å². The first-order valence-corrected chi connectivity index (χ1v) is 7.88. The molecule has 1 saturated carbocycles. The molecule has 1 fully saturated rings. The third-order valence-electron chi connectivity index (χ3n) is 4.84. The van der Waals surface area contributed by atoms with Crippen LogP contribution in [0.5, 0.6) is 0 Å². The summed E-state index contributed by atoms with van der Waals surface area (Å²) in [6, 6.07) is 10.6. The molecular weight excluding hydrogens is 266 g/mol. The third-order valence-corrected chi connectivity index (χ3v) is 5.07. The number of nitrogens with zero attached hydrogens (tertiary/aromatic N) is 1. The van der Waals surface area contributed by atoms with E-state index in [0.717, 1.165) is 43.0 Å². The first-order valence-electron chi connectivity index (χ1n) is 7.50. The highest BCUT2D eigenvalue weighted by Gasteiger charge is 2.38. The van der Waals surface area contributed by atoms with Crippen molar-refractivity contribution < 1.29 is 0 Å². The lowest BCUT2D eigenvalue weighted by Gasteiger charge is -2.40. The molecule has 0 bridgehead atoms. The Kier molecular flexibility index (Phi) is 4.45. The number of nitriles is 1. The molecule has 0 aliphatic heterocycles. The van der Waals surface area contributed by atoms with Gasteiger partial charge in [-0.25, -0.2) is 0 Å². The minimum Gasteiger partial charge on any atom is -0.198 e. The van der Waals surface area contributed by atoms with Crippen molar-refractivity contribution in [2.45, 2.75) is 52.9 Å². The molecule has 20 heavy (non-hydrogen) atoms. The van der Waals surface area contributed by atoms with Crippen molar-refractivity contribution >= 4 is 11.6 Å². The van der Waals surface area contributed by atoms with E-state index in [2.05, 4.69) is 32.9 Å². The van der Waals surface area contributed by atoms with Crippen LogP contribution in [-0.2, 0) is 6.42 Å². The van der Waals surface area contributed by atoms with Crippen molar-refractivity contribution in [2.75, 3.05) is 0 Å². The van der Waals surface area contributed by atoms with Crippen LogP contribution >= 0.6 is 11.6 Å². The van der Waals surface area contributed by atoms with E-state index in [-0.39, 0.29) is 5.41 Å². The van der Waals surface area contributed by atoms with Crippen LogP contribution in [0.2, 0.25) is 5.02 Å². The van der Waals surface area contributed by atoms with E-state index in [0.29, 0.717) is 5.41 Å². The van der Waals surface area contributed by atoms with E-state index in [4.69, 9.17) is 11.6 Å². The van der Waals surface area contributed by atoms with E-state index >= 15 is 0 Å². The first-order chi connectivity index (χ1) is 9.35. The normalized spacial score (nSPS) is 27.1. The molecule has 0 saturated heterocycles. The Morgan fingerprint density at radius 1 is 1.30 bits per heavy atom. The van der Waals surface area contributed by atoms with Crippen molar-refractivity contribution in [1.82, 2.24) is 0 Å². The van der Waals surface area contributed by atoms with Crippen molar-refractivity contribution in [1.29, 1.82) is 5.26 Å². The van der Waals surface area contributed by atoms with Gasteiger partial charge >= 0.3 is 0 Å². The Labute approximate surface area is 128 Å². The zero-order valence-corrected chi connectivity index (χ0v) is 13.5. The summed E-state index contributed by atoms with van der Waals surface area (Å²) in [5.74, 6) is 0.739. The molecule has 1 nitrogen and oxygen atoms in total. The largest absolute Gasteiger partial charge is 0.198 e. The summed E-state index contributed by atoms with van der Waals surface area (Å²) in [7, 11) is 0. The number of rotatable bonds is 2. The second-order valence-electron chi connectivity index (χ2n) is 7.34. The van der Waals surface area contributed by atoms with E-state index in [1.54, 1.807) is 0 Å². The summed E-state index contributed by atoms with van der Waals surface area (Å²) in [5.41, 5.74) is 1.36. The van der Waals surface area contributed by atoms with Crippen LogP contribution in [0.25, 0.3) is 0 Å². The van der Waals surface area contributed by atoms with Gasteiger partial charge in [-0.2, -0.15) is 5.26 Å². The molecule has 1 aromatic rings. The molecule has 0 aromatic heterocycles. The summed E-state index contributed by atoms with van der Waals surface area (Å²) in [5, 5.41) is 10.4. The standard InChI is InChI=1S/C18H24ClN/c1-17(2,3)15-7-9-18(13-20,10-8-15)12-14-5-4-6-16(19)11-14/h4-6,11,15H,7-10,12H2,1-3H3. The molecule has 108 valence electrons. The van der Waals surface area contributed by atoms with Gasteiger partial charge in [0.25, 0.3) is 0 Å². The van der Waals surface area contributed by atoms with Crippen molar-refractivity contribution in [3.8, 4) is 6.07 Å². The molecule has 0 spiro atoms. The summed E-state index contributed by atoms with van der Waals surface area (Å²) < 4.78 is 0. The van der Waals surface area contributed by atoms with E-state index in [9.17, 15) is 5.26 Å². The van der Waals surface area contributed by atoms with Gasteiger partial charge in [0.1, 0.15) is 0 Å². The number of hydrogen-bond donors (Lipinski definition) is 0. The van der Waals surface area contributed by atoms with Crippen molar-refractivity contribution in [3.63, 3.8) is 0 Å². The fourth-order valence-corrected chi connectivity index (χ4v) is 3.62. The average molecular weight is 290 g/mol. The molecule has 1 aliphatic carbocycles. The maximum atomic E-state index is 9.68. The highest BCUT2D eigenvalue weighted by Crippen LogP contribution is 2.46. The van der Waals surface area contributed by atoms with E-state index < -0.39 is 0 Å². The third kappa shape index (κ3) is 3.55. The van der Waals surface area contributed by atoms with Gasteiger partial charge in [-0.3, -0.25) is 0 Å². The lowest BCUT2D eigenvalue weighted by molar-refractivity contribution is 0.120. The summed E-state index contributed by atoms with van der Waals surface area (Å²) in [6.45, 7) is 6.94. The molecule has 0 N–H and O–H groups in total. The quantitative estimate of drug-likeness (QED) is 0.692. The SMILES string of the molecule is CC(C)(C)C1CCC(C#N)(Cc2cccc(Cl)c2)CC1. The van der Waals surface area contributed by atoms with Gasteiger partial charge in [-0.15, -0.1) is 0 Å². The fraction of sp³-hybridized carbons (Fsp3) is 0.611. The van der Waals surface area contributed by atoms with Crippen molar-refractivity contribution in [3.05, 3.63) is 34.9 Å². The highest BCUT2D eigenvalue weighted by atomic mass is 35.5. The number of benzene rings is 1. The number of hydrogen-bond acceptors (Lipinski definition) is 1. The maximum absolute atomic E-state index is 9.68. The molecule has 0 radical (unpaired) electrons. The minimum atomic E-state index is -0.188. The Morgan fingerprint density at radius 2 is 1.95 bits per heavy atom. The average Bonchev–Trinajstić information content (AvgIpc) is 2.38. The molecule has 2 rings (SSSR count). The Balaban J connectivity index is 2.08. The topological polar surface area (TPSA) is 23.8 Å². The Morgan fingerprint density at radius 3 is 2.45 bits per heavy atom. The Bertz CT molecular complexity index is 499. The molecule has 0 heterocycles. The van der Waals surface area contributed by atoms with Gasteiger partial charge in [0.2, 0.25) is 0 Å². The fourth-order valence-electron chi connectivity index (χ4n) is 3.40. The van der Waals surface area contributed by atoms with Gasteiger partial charge in [-0.1, -0.05) is 44.5 Å². The van der Waals surface area contributed by atoms with Crippen LogP contribution < -0.4 is 0 Å². The summed E-state index contributed by atoms with van der Waals surface area (Å²) in [6.07, 6.45) is 5.19. The first kappa shape index (κ1) is 15.4. The lowest BCUT2D eigenvalue weighted by atomic mass is 9.63. The van der Waals surface area contributed by atoms with Crippen LogP contribution in [0, 0.1) is 28.1 Å². The van der Waals surface area contributed by atoms with Crippen LogP contribution in [0.15, 0.2) is 24.3 Å². The van der Waals surface area contributed by atoms with Gasteiger partial charge in [0, 0.05) is 5.02 Å². The smallest absolute Gasteiger partial charge is 0.0693 e. The zero-order chi connectivity index (χ0) is 14.8. The lowest BCUT2D eigenvalue weighted by Crippen LogP contribution is -2.33. The predicted octanol–water partition coefficient (Wildman–Crippen LogP) is 5.63. The van der Waals surface area contributed by atoms with Crippen LogP contribution in [0.1, 0.15) is 52.0 Å². The molecule has 2 heteroatoms. The molecule has 1 aliphatic rings. The van der Waals surface area contributed by atoms with Gasteiger partial charge in [-0.05, 0) is 61.1 Å². The molecule has 0 amide bonds. The van der Waals surface area contributed by atoms with Crippen molar-refractivity contribution in [2.24, 2.45) is 16.7 Å². The van der Waals surface area contributed by atoms with Crippen LogP contribution in [0.3, 0.4) is 0 Å². The number of halogens is 1. The predicted molar refractivity (Wildman–Crippen MR) is 84.6 cm³/mol. The summed E-state index contributed by atoms with van der Waals surface area (Å²) >= 11 is 6.05. The summed E-state index contributed by atoms with van der Waals surface area (Å²) in [4.78, 5) is 0. The minimum absolute atomic E-state index is 0.188. The second kappa shape index (κ2) is 5.78. The van der Waals surface area contributed by atoms with Gasteiger partial charge in [0.15, 0.2) is 0 Å². The molecule has 1 aromatic carbocycles. The zero-order valence-electron chi connectivity index (χ0n) is 12.7. The van der Waals surface area contributed by atoms with E-state index in [1.807, 2.05) is 18.2 Å². The Hall–Kier alpha value is -1.00. The van der Waals surface area contributed by atoms with Gasteiger partial charge < -0.3 is 0 Å². The molecule has 0 unspecified atom stereocenters. The molecule has 0 atom stereocenters. The van der Waals surface area contributed by atoms with Crippen LogP contribution in [-0.4, -0.2) is 0 Å².